The van der Waals surface area contributed by atoms with E-state index < -0.39 is 5.54 Å². The standard InChI is InChI=1S/C13H18BrNO2/c1-9-5-6-10(7-11(9)14)12(17)15(4)13(2,3)8-16/h5-7,16H,8H2,1-4H3. The minimum atomic E-state index is -0.561. The number of aryl methyl sites for hydroxylation is 1. The van der Waals surface area contributed by atoms with Crippen LogP contribution in [0.5, 0.6) is 0 Å². The maximum absolute atomic E-state index is 12.2. The lowest BCUT2D eigenvalue weighted by Crippen LogP contribution is -2.47. The summed E-state index contributed by atoms with van der Waals surface area (Å²) in [6.07, 6.45) is 0. The highest BCUT2D eigenvalue weighted by atomic mass is 79.9. The molecule has 17 heavy (non-hydrogen) atoms. The molecule has 1 rings (SSSR count). The SMILES string of the molecule is Cc1ccc(C(=O)N(C)C(C)(C)CO)cc1Br. The summed E-state index contributed by atoms with van der Waals surface area (Å²) in [7, 11) is 1.70. The molecule has 0 saturated heterocycles. The fourth-order valence-electron chi connectivity index (χ4n) is 1.30. The summed E-state index contributed by atoms with van der Waals surface area (Å²) < 4.78 is 0.915. The van der Waals surface area contributed by atoms with Gasteiger partial charge in [0, 0.05) is 17.1 Å². The van der Waals surface area contributed by atoms with Crippen molar-refractivity contribution in [2.45, 2.75) is 26.3 Å². The summed E-state index contributed by atoms with van der Waals surface area (Å²) in [5.74, 6) is -0.0928. The van der Waals surface area contributed by atoms with Gasteiger partial charge in [-0.3, -0.25) is 4.79 Å². The first kappa shape index (κ1) is 14.2. The molecule has 0 aliphatic rings. The van der Waals surface area contributed by atoms with Crippen molar-refractivity contribution in [3.8, 4) is 0 Å². The lowest BCUT2D eigenvalue weighted by molar-refractivity contribution is 0.0473. The van der Waals surface area contributed by atoms with Crippen molar-refractivity contribution in [1.29, 1.82) is 0 Å². The zero-order chi connectivity index (χ0) is 13.2. The summed E-state index contributed by atoms with van der Waals surface area (Å²) in [6.45, 7) is 5.56. The Balaban J connectivity index is 3.01. The highest BCUT2D eigenvalue weighted by Gasteiger charge is 2.27. The molecule has 3 nitrogen and oxygen atoms in total. The second-order valence-corrected chi connectivity index (χ2v) is 5.65. The summed E-state index contributed by atoms with van der Waals surface area (Å²) in [4.78, 5) is 13.8. The highest BCUT2D eigenvalue weighted by Crippen LogP contribution is 2.20. The van der Waals surface area contributed by atoms with E-state index in [0.29, 0.717) is 5.56 Å². The number of carbonyl (C=O) groups is 1. The van der Waals surface area contributed by atoms with E-state index in [1.54, 1.807) is 18.0 Å². The number of halogens is 1. The molecular weight excluding hydrogens is 282 g/mol. The molecule has 0 bridgehead atoms. The molecule has 0 radical (unpaired) electrons. The van der Waals surface area contributed by atoms with E-state index in [1.807, 2.05) is 32.9 Å². The van der Waals surface area contributed by atoms with Crippen LogP contribution < -0.4 is 0 Å². The largest absolute Gasteiger partial charge is 0.394 e. The van der Waals surface area contributed by atoms with Gasteiger partial charge in [0.05, 0.1) is 12.1 Å². The highest BCUT2D eigenvalue weighted by molar-refractivity contribution is 9.10. The van der Waals surface area contributed by atoms with Crippen LogP contribution in [0, 0.1) is 6.92 Å². The number of amides is 1. The van der Waals surface area contributed by atoms with E-state index in [0.717, 1.165) is 10.0 Å². The van der Waals surface area contributed by atoms with Gasteiger partial charge < -0.3 is 10.0 Å². The van der Waals surface area contributed by atoms with Gasteiger partial charge in [-0.15, -0.1) is 0 Å². The second kappa shape index (κ2) is 5.19. The van der Waals surface area contributed by atoms with Crippen LogP contribution in [0.4, 0.5) is 0 Å². The summed E-state index contributed by atoms with van der Waals surface area (Å²) in [6, 6.07) is 5.51. The van der Waals surface area contributed by atoms with Gasteiger partial charge in [-0.2, -0.15) is 0 Å². The molecule has 0 aliphatic carbocycles. The van der Waals surface area contributed by atoms with E-state index >= 15 is 0 Å². The first-order valence-corrected chi connectivity index (χ1v) is 6.24. The first-order valence-electron chi connectivity index (χ1n) is 5.45. The molecule has 1 amide bonds. The molecule has 0 aliphatic heterocycles. The number of aliphatic hydroxyl groups excluding tert-OH is 1. The van der Waals surface area contributed by atoms with E-state index in [2.05, 4.69) is 15.9 Å². The minimum Gasteiger partial charge on any atom is -0.394 e. The van der Waals surface area contributed by atoms with Gasteiger partial charge in [0.25, 0.3) is 5.91 Å². The van der Waals surface area contributed by atoms with Crippen LogP contribution in [0.2, 0.25) is 0 Å². The maximum atomic E-state index is 12.2. The van der Waals surface area contributed by atoms with Gasteiger partial charge in [0.15, 0.2) is 0 Å². The quantitative estimate of drug-likeness (QED) is 0.932. The molecule has 0 fully saturated rings. The topological polar surface area (TPSA) is 40.5 Å². The Morgan fingerprint density at radius 3 is 2.53 bits per heavy atom. The van der Waals surface area contributed by atoms with E-state index in [4.69, 9.17) is 0 Å². The van der Waals surface area contributed by atoms with E-state index in [1.165, 1.54) is 0 Å². The maximum Gasteiger partial charge on any atom is 0.254 e. The van der Waals surface area contributed by atoms with Gasteiger partial charge in [0.1, 0.15) is 0 Å². The van der Waals surface area contributed by atoms with Crippen molar-refractivity contribution < 1.29 is 9.90 Å². The number of hydrogen-bond donors (Lipinski definition) is 1. The van der Waals surface area contributed by atoms with E-state index in [9.17, 15) is 9.90 Å². The van der Waals surface area contributed by atoms with Crippen LogP contribution in [0.3, 0.4) is 0 Å². The molecule has 0 saturated carbocycles. The van der Waals surface area contributed by atoms with Gasteiger partial charge in [-0.1, -0.05) is 22.0 Å². The van der Waals surface area contributed by atoms with Crippen molar-refractivity contribution in [2.75, 3.05) is 13.7 Å². The number of nitrogens with zero attached hydrogens (tertiary/aromatic N) is 1. The molecule has 4 heteroatoms. The number of aliphatic hydroxyl groups is 1. The molecule has 1 aromatic rings. The van der Waals surface area contributed by atoms with Crippen molar-refractivity contribution in [1.82, 2.24) is 4.90 Å². The van der Waals surface area contributed by atoms with Crippen molar-refractivity contribution in [3.63, 3.8) is 0 Å². The smallest absolute Gasteiger partial charge is 0.254 e. The Hall–Kier alpha value is -0.870. The molecule has 0 atom stereocenters. The van der Waals surface area contributed by atoms with Crippen molar-refractivity contribution >= 4 is 21.8 Å². The molecule has 94 valence electrons. The summed E-state index contributed by atoms with van der Waals surface area (Å²) >= 11 is 3.41. The van der Waals surface area contributed by atoms with Crippen LogP contribution in [0.25, 0.3) is 0 Å². The Bertz CT molecular complexity index is 429. The van der Waals surface area contributed by atoms with Crippen LogP contribution in [-0.4, -0.2) is 35.1 Å². The monoisotopic (exact) mass is 299 g/mol. The Kier molecular flexibility index (Phi) is 4.33. The number of likely N-dealkylation sites (N-methyl/N-ethyl adjacent to an activating group) is 1. The summed E-state index contributed by atoms with van der Waals surface area (Å²) in [5.41, 5.74) is 1.14. The Morgan fingerprint density at radius 1 is 1.47 bits per heavy atom. The van der Waals surface area contributed by atoms with E-state index in [-0.39, 0.29) is 12.5 Å². The van der Waals surface area contributed by atoms with Gasteiger partial charge in [0.2, 0.25) is 0 Å². The van der Waals surface area contributed by atoms with Crippen molar-refractivity contribution in [2.24, 2.45) is 0 Å². The van der Waals surface area contributed by atoms with Crippen molar-refractivity contribution in [3.05, 3.63) is 33.8 Å². The van der Waals surface area contributed by atoms with Gasteiger partial charge in [-0.05, 0) is 38.5 Å². The molecule has 0 spiro atoms. The normalized spacial score (nSPS) is 11.4. The van der Waals surface area contributed by atoms with Gasteiger partial charge in [-0.25, -0.2) is 0 Å². The predicted molar refractivity (Wildman–Crippen MR) is 72.1 cm³/mol. The molecule has 0 aromatic heterocycles. The lowest BCUT2D eigenvalue weighted by Gasteiger charge is -2.34. The lowest BCUT2D eigenvalue weighted by atomic mass is 10.0. The van der Waals surface area contributed by atoms with Crippen LogP contribution >= 0.6 is 15.9 Å². The fourth-order valence-corrected chi connectivity index (χ4v) is 1.68. The van der Waals surface area contributed by atoms with Gasteiger partial charge >= 0.3 is 0 Å². The molecule has 1 N–H and O–H groups in total. The zero-order valence-corrected chi connectivity index (χ0v) is 12.2. The summed E-state index contributed by atoms with van der Waals surface area (Å²) in [5, 5.41) is 9.26. The number of benzene rings is 1. The van der Waals surface area contributed by atoms with Crippen LogP contribution in [-0.2, 0) is 0 Å². The Labute approximate surface area is 111 Å². The third kappa shape index (κ3) is 3.07. The number of carbonyl (C=O) groups excluding carboxylic acids is 1. The molecule has 1 aromatic carbocycles. The zero-order valence-electron chi connectivity index (χ0n) is 10.6. The third-order valence-corrected chi connectivity index (χ3v) is 3.87. The van der Waals surface area contributed by atoms with Crippen LogP contribution in [0.1, 0.15) is 29.8 Å². The minimum absolute atomic E-state index is 0.0672. The molecule has 0 unspecified atom stereocenters. The Morgan fingerprint density at radius 2 is 2.06 bits per heavy atom. The number of hydrogen-bond acceptors (Lipinski definition) is 2. The average Bonchev–Trinajstić information content (AvgIpc) is 2.30. The average molecular weight is 300 g/mol. The second-order valence-electron chi connectivity index (χ2n) is 4.80. The number of rotatable bonds is 3. The molecular formula is C13H18BrNO2. The van der Waals surface area contributed by atoms with Crippen LogP contribution in [0.15, 0.2) is 22.7 Å². The third-order valence-electron chi connectivity index (χ3n) is 3.02. The fraction of sp³-hybridized carbons (Fsp3) is 0.462. The molecule has 0 heterocycles. The predicted octanol–water partition coefficient (Wildman–Crippen LogP) is 2.60. The first-order chi connectivity index (χ1) is 7.79.